The minimum Gasteiger partial charge on any atom is -0.332 e. The molecule has 5 aromatic rings. The van der Waals surface area contributed by atoms with Gasteiger partial charge in [0.2, 0.25) is 0 Å². The Labute approximate surface area is 221 Å². The van der Waals surface area contributed by atoms with Gasteiger partial charge in [-0.3, -0.25) is 10.1 Å². The number of thiocarbonyl (C=S) groups is 1. The van der Waals surface area contributed by atoms with Crippen molar-refractivity contribution in [3.8, 4) is 10.6 Å². The standard InChI is InChI=1S/C25H15BrIN3OS2/c26-19-8-4-5-15-16(19)6-3-7-17(15)23(31)30-25(32)29-20-12-11-14(27)13-18(20)24-28-21-9-1-2-10-22(21)33-24/h1-13H,(H2,29,30,31,32). The molecule has 0 fully saturated rings. The third-order valence-electron chi connectivity index (χ3n) is 5.09. The van der Waals surface area contributed by atoms with Crippen LogP contribution in [0.4, 0.5) is 5.69 Å². The van der Waals surface area contributed by atoms with Crippen molar-refractivity contribution in [1.29, 1.82) is 0 Å². The molecule has 0 aliphatic heterocycles. The summed E-state index contributed by atoms with van der Waals surface area (Å²) in [6.45, 7) is 0. The topological polar surface area (TPSA) is 54.0 Å². The number of nitrogens with zero attached hydrogens (tertiary/aromatic N) is 1. The van der Waals surface area contributed by atoms with Gasteiger partial charge in [0.25, 0.3) is 5.91 Å². The fourth-order valence-electron chi connectivity index (χ4n) is 3.58. The van der Waals surface area contributed by atoms with Gasteiger partial charge in [-0.15, -0.1) is 11.3 Å². The van der Waals surface area contributed by atoms with Crippen LogP contribution in [0.3, 0.4) is 0 Å². The van der Waals surface area contributed by atoms with E-state index in [1.165, 1.54) is 0 Å². The molecule has 0 aliphatic rings. The number of hydrogen-bond acceptors (Lipinski definition) is 4. The number of carbonyl (C=O) groups excluding carboxylic acids is 1. The summed E-state index contributed by atoms with van der Waals surface area (Å²) >= 11 is 13.0. The number of carbonyl (C=O) groups is 1. The third-order valence-corrected chi connectivity index (χ3v) is 7.73. The van der Waals surface area contributed by atoms with E-state index >= 15 is 0 Å². The van der Waals surface area contributed by atoms with Crippen LogP contribution in [0.25, 0.3) is 31.6 Å². The van der Waals surface area contributed by atoms with E-state index < -0.39 is 0 Å². The number of halogens is 2. The summed E-state index contributed by atoms with van der Waals surface area (Å²) in [6.07, 6.45) is 0. The fraction of sp³-hybridized carbons (Fsp3) is 0. The monoisotopic (exact) mass is 643 g/mol. The Morgan fingerprint density at radius 3 is 2.61 bits per heavy atom. The number of rotatable bonds is 3. The summed E-state index contributed by atoms with van der Waals surface area (Å²) in [7, 11) is 0. The van der Waals surface area contributed by atoms with Crippen LogP contribution in [0.15, 0.2) is 83.3 Å². The zero-order chi connectivity index (χ0) is 22.9. The minimum absolute atomic E-state index is 0.232. The number of anilines is 1. The SMILES string of the molecule is O=C(NC(=S)Nc1ccc(I)cc1-c1nc2ccccc2s1)c1cccc2c(Br)cccc12. The van der Waals surface area contributed by atoms with Gasteiger partial charge in [0.15, 0.2) is 5.11 Å². The van der Waals surface area contributed by atoms with Crippen molar-refractivity contribution in [2.24, 2.45) is 0 Å². The van der Waals surface area contributed by atoms with Gasteiger partial charge >= 0.3 is 0 Å². The number of nitrogens with one attached hydrogen (secondary N) is 2. The average molecular weight is 644 g/mol. The van der Waals surface area contributed by atoms with Crippen molar-refractivity contribution in [2.45, 2.75) is 0 Å². The molecule has 0 atom stereocenters. The van der Waals surface area contributed by atoms with Crippen LogP contribution in [0, 0.1) is 3.57 Å². The van der Waals surface area contributed by atoms with E-state index in [0.29, 0.717) is 5.56 Å². The Morgan fingerprint density at radius 2 is 1.76 bits per heavy atom. The summed E-state index contributed by atoms with van der Waals surface area (Å²) < 4.78 is 3.15. The Morgan fingerprint density at radius 1 is 0.970 bits per heavy atom. The van der Waals surface area contributed by atoms with E-state index in [0.717, 1.165) is 45.3 Å². The van der Waals surface area contributed by atoms with E-state index in [2.05, 4.69) is 61.3 Å². The molecule has 0 saturated carbocycles. The molecule has 162 valence electrons. The number of benzene rings is 4. The lowest BCUT2D eigenvalue weighted by Gasteiger charge is -2.14. The van der Waals surface area contributed by atoms with Gasteiger partial charge in [0, 0.05) is 19.2 Å². The average Bonchev–Trinajstić information content (AvgIpc) is 3.24. The van der Waals surface area contributed by atoms with E-state index in [9.17, 15) is 4.79 Å². The molecule has 5 rings (SSSR count). The maximum absolute atomic E-state index is 13.0. The molecule has 0 unspecified atom stereocenters. The molecule has 0 radical (unpaired) electrons. The van der Waals surface area contributed by atoms with Gasteiger partial charge in [-0.25, -0.2) is 4.98 Å². The first-order chi connectivity index (χ1) is 16.0. The fourth-order valence-corrected chi connectivity index (χ4v) is 5.77. The molecule has 1 heterocycles. The Balaban J connectivity index is 1.42. The molecular formula is C25H15BrIN3OS2. The first-order valence-electron chi connectivity index (χ1n) is 9.95. The van der Waals surface area contributed by atoms with E-state index in [1.807, 2.05) is 60.7 Å². The van der Waals surface area contributed by atoms with Gasteiger partial charge in [-0.05, 0) is 88.0 Å². The predicted octanol–water partition coefficient (Wildman–Crippen LogP) is 7.61. The van der Waals surface area contributed by atoms with Crippen LogP contribution < -0.4 is 10.6 Å². The van der Waals surface area contributed by atoms with E-state index in [-0.39, 0.29) is 11.0 Å². The van der Waals surface area contributed by atoms with E-state index in [1.54, 1.807) is 17.4 Å². The van der Waals surface area contributed by atoms with Crippen LogP contribution in [0.5, 0.6) is 0 Å². The van der Waals surface area contributed by atoms with Crippen LogP contribution in [0.1, 0.15) is 10.4 Å². The Hall–Kier alpha value is -2.40. The highest BCUT2D eigenvalue weighted by molar-refractivity contribution is 14.1. The second-order valence-electron chi connectivity index (χ2n) is 7.23. The van der Waals surface area contributed by atoms with Crippen molar-refractivity contribution < 1.29 is 4.79 Å². The highest BCUT2D eigenvalue weighted by Crippen LogP contribution is 2.35. The maximum Gasteiger partial charge on any atom is 0.258 e. The molecule has 0 saturated heterocycles. The molecule has 1 amide bonds. The van der Waals surface area contributed by atoms with Crippen molar-refractivity contribution in [3.63, 3.8) is 0 Å². The molecule has 8 heteroatoms. The van der Waals surface area contributed by atoms with Crippen LogP contribution in [-0.2, 0) is 0 Å². The lowest BCUT2D eigenvalue weighted by atomic mass is 10.0. The Bertz CT molecular complexity index is 1520. The second kappa shape index (κ2) is 9.46. The van der Waals surface area contributed by atoms with Crippen molar-refractivity contribution in [3.05, 3.63) is 92.5 Å². The normalized spacial score (nSPS) is 11.0. The smallest absolute Gasteiger partial charge is 0.258 e. The summed E-state index contributed by atoms with van der Waals surface area (Å²) in [5, 5.41) is 8.97. The number of hydrogen-bond donors (Lipinski definition) is 2. The van der Waals surface area contributed by atoms with Crippen molar-refractivity contribution in [1.82, 2.24) is 10.3 Å². The zero-order valence-corrected chi connectivity index (χ0v) is 22.3. The zero-order valence-electron chi connectivity index (χ0n) is 16.9. The Kier molecular flexibility index (Phi) is 6.42. The highest BCUT2D eigenvalue weighted by atomic mass is 127. The lowest BCUT2D eigenvalue weighted by molar-refractivity contribution is 0.0979. The third kappa shape index (κ3) is 4.65. The van der Waals surface area contributed by atoms with Gasteiger partial charge in [-0.1, -0.05) is 52.3 Å². The van der Waals surface area contributed by atoms with Crippen LogP contribution in [-0.4, -0.2) is 16.0 Å². The number of fused-ring (bicyclic) bond motifs is 2. The van der Waals surface area contributed by atoms with Crippen molar-refractivity contribution >= 4 is 99.8 Å². The molecular weight excluding hydrogens is 629 g/mol. The molecule has 0 aliphatic carbocycles. The molecule has 0 bridgehead atoms. The number of thiazole rings is 1. The molecule has 33 heavy (non-hydrogen) atoms. The molecule has 0 spiro atoms. The molecule has 4 nitrogen and oxygen atoms in total. The number of amides is 1. The van der Waals surface area contributed by atoms with Crippen molar-refractivity contribution in [2.75, 3.05) is 5.32 Å². The minimum atomic E-state index is -0.261. The number of para-hydroxylation sites is 1. The van der Waals surface area contributed by atoms with Crippen LogP contribution >= 0.6 is 62.1 Å². The van der Waals surface area contributed by atoms with Gasteiger partial charge in [0.1, 0.15) is 5.01 Å². The first kappa shape index (κ1) is 22.4. The first-order valence-corrected chi connectivity index (χ1v) is 13.0. The van der Waals surface area contributed by atoms with Gasteiger partial charge in [0.05, 0.1) is 15.9 Å². The molecule has 1 aromatic heterocycles. The van der Waals surface area contributed by atoms with Crippen LogP contribution in [0.2, 0.25) is 0 Å². The second-order valence-corrected chi connectivity index (χ2v) is 10.8. The summed E-state index contributed by atoms with van der Waals surface area (Å²) in [5.41, 5.74) is 3.25. The summed E-state index contributed by atoms with van der Waals surface area (Å²) in [6, 6.07) is 25.5. The summed E-state index contributed by atoms with van der Waals surface area (Å²) in [5.74, 6) is -0.261. The largest absolute Gasteiger partial charge is 0.332 e. The number of aromatic nitrogens is 1. The van der Waals surface area contributed by atoms with Gasteiger partial charge in [-0.2, -0.15) is 0 Å². The molecule has 2 N–H and O–H groups in total. The predicted molar refractivity (Wildman–Crippen MR) is 153 cm³/mol. The van der Waals surface area contributed by atoms with Gasteiger partial charge < -0.3 is 5.32 Å². The molecule has 4 aromatic carbocycles. The lowest BCUT2D eigenvalue weighted by Crippen LogP contribution is -2.34. The maximum atomic E-state index is 13.0. The quantitative estimate of drug-likeness (QED) is 0.157. The highest BCUT2D eigenvalue weighted by Gasteiger charge is 2.15. The van der Waals surface area contributed by atoms with E-state index in [4.69, 9.17) is 17.2 Å². The summed E-state index contributed by atoms with van der Waals surface area (Å²) in [4.78, 5) is 17.8.